The number of alkyl halides is 2. The molecular formula is C13H23F2N3O. The van der Waals surface area contributed by atoms with Crippen LogP contribution in [-0.4, -0.2) is 56.5 Å². The van der Waals surface area contributed by atoms with Gasteiger partial charge < -0.3 is 15.5 Å². The zero-order chi connectivity index (χ0) is 13.9. The largest absolute Gasteiger partial charge is 0.356 e. The van der Waals surface area contributed by atoms with E-state index in [-0.39, 0.29) is 18.9 Å². The lowest BCUT2D eigenvalue weighted by molar-refractivity contribution is -0.130. The highest BCUT2D eigenvalue weighted by Gasteiger charge is 2.39. The third-order valence-electron chi connectivity index (χ3n) is 4.09. The molecule has 2 heterocycles. The van der Waals surface area contributed by atoms with Gasteiger partial charge in [-0.3, -0.25) is 4.79 Å². The molecule has 1 unspecified atom stereocenters. The maximum Gasteiger partial charge on any atom is 0.261 e. The molecule has 110 valence electrons. The number of amides is 1. The third-order valence-corrected chi connectivity index (χ3v) is 4.09. The molecule has 0 spiro atoms. The smallest absolute Gasteiger partial charge is 0.261 e. The summed E-state index contributed by atoms with van der Waals surface area (Å²) in [5, 5.41) is 5.48. The van der Waals surface area contributed by atoms with Crippen LogP contribution >= 0.6 is 0 Å². The van der Waals surface area contributed by atoms with Gasteiger partial charge >= 0.3 is 0 Å². The van der Waals surface area contributed by atoms with Crippen molar-refractivity contribution in [3.8, 4) is 0 Å². The summed E-state index contributed by atoms with van der Waals surface area (Å²) in [6, 6.07) is 0. The fraction of sp³-hybridized carbons (Fsp3) is 0.923. The summed E-state index contributed by atoms with van der Waals surface area (Å²) in [6.45, 7) is 2.75. The number of carbonyl (C=O) groups is 1. The Balaban J connectivity index is 1.72. The predicted octanol–water partition coefficient (Wildman–Crippen LogP) is 0.689. The number of piperidine rings is 2. The second kappa shape index (κ2) is 6.13. The summed E-state index contributed by atoms with van der Waals surface area (Å²) in [5.74, 6) is -3.11. The number of hydrogen-bond donors (Lipinski definition) is 2. The molecule has 0 bridgehead atoms. The van der Waals surface area contributed by atoms with Crippen LogP contribution in [0.1, 0.15) is 19.3 Å². The quantitative estimate of drug-likeness (QED) is 0.796. The number of likely N-dealkylation sites (tertiary alicyclic amines) is 1. The molecular weight excluding hydrogens is 252 g/mol. The Kier molecular flexibility index (Phi) is 4.73. The summed E-state index contributed by atoms with van der Waals surface area (Å²) < 4.78 is 26.4. The number of nitrogens with zero attached hydrogens (tertiary/aromatic N) is 1. The fourth-order valence-electron chi connectivity index (χ4n) is 2.77. The first-order valence-corrected chi connectivity index (χ1v) is 7.01. The van der Waals surface area contributed by atoms with Crippen LogP contribution in [0.2, 0.25) is 0 Å². The van der Waals surface area contributed by atoms with Gasteiger partial charge in [-0.2, -0.15) is 0 Å². The van der Waals surface area contributed by atoms with Gasteiger partial charge in [0.2, 0.25) is 5.91 Å². The summed E-state index contributed by atoms with van der Waals surface area (Å²) >= 11 is 0. The first-order valence-electron chi connectivity index (χ1n) is 7.01. The van der Waals surface area contributed by atoms with Gasteiger partial charge in [-0.05, 0) is 38.9 Å². The molecule has 6 heteroatoms. The van der Waals surface area contributed by atoms with Gasteiger partial charge in [-0.1, -0.05) is 0 Å². The monoisotopic (exact) mass is 275 g/mol. The predicted molar refractivity (Wildman–Crippen MR) is 69.2 cm³/mol. The van der Waals surface area contributed by atoms with Crippen molar-refractivity contribution in [1.82, 2.24) is 15.5 Å². The minimum absolute atomic E-state index is 0.231. The van der Waals surface area contributed by atoms with Gasteiger partial charge in [0.1, 0.15) is 0 Å². The average molecular weight is 275 g/mol. The van der Waals surface area contributed by atoms with Crippen molar-refractivity contribution >= 4 is 5.91 Å². The van der Waals surface area contributed by atoms with E-state index in [0.29, 0.717) is 19.0 Å². The Morgan fingerprint density at radius 3 is 2.74 bits per heavy atom. The normalized spacial score (nSPS) is 29.1. The number of rotatable bonds is 3. The lowest BCUT2D eigenvalue weighted by Crippen LogP contribution is -2.50. The number of halogens is 2. The van der Waals surface area contributed by atoms with E-state index in [1.165, 1.54) is 0 Å². The van der Waals surface area contributed by atoms with Crippen molar-refractivity contribution in [1.29, 1.82) is 0 Å². The number of nitrogens with one attached hydrogen (secondary N) is 2. The van der Waals surface area contributed by atoms with Gasteiger partial charge in [0.15, 0.2) is 0 Å². The van der Waals surface area contributed by atoms with Gasteiger partial charge in [-0.25, -0.2) is 8.78 Å². The number of carbonyl (C=O) groups excluding carboxylic acids is 1. The van der Waals surface area contributed by atoms with E-state index in [9.17, 15) is 13.6 Å². The molecule has 4 nitrogen and oxygen atoms in total. The highest BCUT2D eigenvalue weighted by atomic mass is 19.3. The maximum absolute atomic E-state index is 13.2. The Morgan fingerprint density at radius 2 is 2.11 bits per heavy atom. The minimum atomic E-state index is -2.76. The minimum Gasteiger partial charge on any atom is -0.356 e. The standard InChI is InChI=1S/C13H23F2N3O/c1-18-4-2-10(3-5-18)7-17-12(19)11-6-13(14,15)9-16-8-11/h10-11,16H,2-9H2,1H3,(H,17,19). The van der Waals surface area contributed by atoms with E-state index in [1.54, 1.807) is 0 Å². The molecule has 0 saturated carbocycles. The van der Waals surface area contributed by atoms with Crippen LogP contribution in [0.25, 0.3) is 0 Å². The molecule has 0 aliphatic carbocycles. The van der Waals surface area contributed by atoms with E-state index >= 15 is 0 Å². The van der Waals surface area contributed by atoms with Crippen LogP contribution in [0, 0.1) is 11.8 Å². The summed E-state index contributed by atoms with van der Waals surface area (Å²) in [4.78, 5) is 14.2. The van der Waals surface area contributed by atoms with E-state index < -0.39 is 11.8 Å². The molecule has 2 saturated heterocycles. The number of hydrogen-bond acceptors (Lipinski definition) is 3. The first kappa shape index (κ1) is 14.7. The molecule has 0 radical (unpaired) electrons. The van der Waals surface area contributed by atoms with Gasteiger partial charge in [0.05, 0.1) is 12.5 Å². The van der Waals surface area contributed by atoms with Crippen LogP contribution in [0.4, 0.5) is 8.78 Å². The van der Waals surface area contributed by atoms with Crippen molar-refractivity contribution in [3.05, 3.63) is 0 Å². The van der Waals surface area contributed by atoms with E-state index in [4.69, 9.17) is 0 Å². The van der Waals surface area contributed by atoms with Crippen LogP contribution in [0.3, 0.4) is 0 Å². The van der Waals surface area contributed by atoms with E-state index in [0.717, 1.165) is 25.9 Å². The van der Waals surface area contributed by atoms with Crippen LogP contribution in [-0.2, 0) is 4.79 Å². The molecule has 0 aromatic carbocycles. The lowest BCUT2D eigenvalue weighted by atomic mass is 9.94. The summed E-state index contributed by atoms with van der Waals surface area (Å²) in [6.07, 6.45) is 1.80. The highest BCUT2D eigenvalue weighted by molar-refractivity contribution is 5.79. The molecule has 2 fully saturated rings. The SMILES string of the molecule is CN1CCC(CNC(=O)C2CNCC(F)(F)C2)CC1. The summed E-state index contributed by atoms with van der Waals surface area (Å²) in [5.41, 5.74) is 0. The second-order valence-corrected chi connectivity index (χ2v) is 5.88. The molecule has 1 amide bonds. The van der Waals surface area contributed by atoms with Crippen LogP contribution in [0.5, 0.6) is 0 Å². The molecule has 2 aliphatic rings. The first-order chi connectivity index (χ1) is 8.96. The molecule has 2 N–H and O–H groups in total. The molecule has 19 heavy (non-hydrogen) atoms. The van der Waals surface area contributed by atoms with Gasteiger partial charge in [0.25, 0.3) is 5.92 Å². The zero-order valence-electron chi connectivity index (χ0n) is 11.4. The topological polar surface area (TPSA) is 44.4 Å². The zero-order valence-corrected chi connectivity index (χ0v) is 11.4. The maximum atomic E-state index is 13.2. The van der Waals surface area contributed by atoms with Crippen molar-refractivity contribution in [2.45, 2.75) is 25.2 Å². The average Bonchev–Trinajstić information content (AvgIpc) is 2.36. The van der Waals surface area contributed by atoms with E-state index in [1.807, 2.05) is 0 Å². The molecule has 0 aromatic heterocycles. The Bertz CT molecular complexity index is 317. The van der Waals surface area contributed by atoms with Crippen LogP contribution < -0.4 is 10.6 Å². The van der Waals surface area contributed by atoms with Gasteiger partial charge in [-0.15, -0.1) is 0 Å². The highest BCUT2D eigenvalue weighted by Crippen LogP contribution is 2.26. The second-order valence-electron chi connectivity index (χ2n) is 5.88. The molecule has 2 rings (SSSR count). The van der Waals surface area contributed by atoms with Crippen LogP contribution in [0.15, 0.2) is 0 Å². The molecule has 0 aromatic rings. The fourth-order valence-corrected chi connectivity index (χ4v) is 2.77. The van der Waals surface area contributed by atoms with Crippen molar-refractivity contribution in [2.24, 2.45) is 11.8 Å². The molecule has 2 aliphatic heterocycles. The van der Waals surface area contributed by atoms with Gasteiger partial charge in [0, 0.05) is 19.5 Å². The Labute approximate surface area is 112 Å². The van der Waals surface area contributed by atoms with E-state index in [2.05, 4.69) is 22.6 Å². The molecule has 1 atom stereocenters. The van der Waals surface area contributed by atoms with Crippen molar-refractivity contribution in [2.75, 3.05) is 39.8 Å². The third kappa shape index (κ3) is 4.38. The Morgan fingerprint density at radius 1 is 1.42 bits per heavy atom. The van der Waals surface area contributed by atoms with Crippen molar-refractivity contribution < 1.29 is 13.6 Å². The Hall–Kier alpha value is -0.750. The summed E-state index contributed by atoms with van der Waals surface area (Å²) in [7, 11) is 2.09. The lowest BCUT2D eigenvalue weighted by Gasteiger charge is -2.31. The van der Waals surface area contributed by atoms with Crippen molar-refractivity contribution in [3.63, 3.8) is 0 Å².